The monoisotopic (exact) mass is 782 g/mol. The topological polar surface area (TPSA) is 105 Å². The van der Waals surface area contributed by atoms with E-state index in [0.717, 1.165) is 64.2 Å². The number of allylic oxidation sites excluding steroid dienone is 7. The minimum absolute atomic E-state index is 0.0519. The van der Waals surface area contributed by atoms with Gasteiger partial charge in [-0.05, 0) is 57.8 Å². The Hall–Kier alpha value is -1.54. The van der Waals surface area contributed by atoms with E-state index < -0.39 is 20.0 Å². The number of nitrogens with one attached hydrogen (secondary N) is 1. The lowest BCUT2D eigenvalue weighted by Gasteiger charge is -2.25. The Kier molecular flexibility index (Phi) is 36.0. The van der Waals surface area contributed by atoms with Crippen molar-refractivity contribution in [1.29, 1.82) is 0 Å². The van der Waals surface area contributed by atoms with Crippen molar-refractivity contribution in [1.82, 2.24) is 5.32 Å². The largest absolute Gasteiger partial charge is 0.472 e. The van der Waals surface area contributed by atoms with E-state index in [-0.39, 0.29) is 19.1 Å². The number of phosphoric acid groups is 1. The van der Waals surface area contributed by atoms with Crippen LogP contribution in [0.15, 0.2) is 48.6 Å². The highest BCUT2D eigenvalue weighted by atomic mass is 31.2. The molecule has 0 saturated heterocycles. The molecule has 8 nitrogen and oxygen atoms in total. The lowest BCUT2D eigenvalue weighted by molar-refractivity contribution is -0.870. The number of likely N-dealkylation sites (N-methyl/N-ethyl adjacent to an activating group) is 1. The molecular formula is C45H86N2O6P+. The van der Waals surface area contributed by atoms with Crippen LogP contribution < -0.4 is 5.32 Å². The summed E-state index contributed by atoms with van der Waals surface area (Å²) in [6.45, 7) is 4.73. The highest BCUT2D eigenvalue weighted by Gasteiger charge is 2.27. The van der Waals surface area contributed by atoms with E-state index in [4.69, 9.17) is 9.05 Å². The smallest absolute Gasteiger partial charge is 0.387 e. The Morgan fingerprint density at radius 2 is 1.09 bits per heavy atom. The van der Waals surface area contributed by atoms with Crippen molar-refractivity contribution in [2.45, 2.75) is 193 Å². The molecule has 3 atom stereocenters. The van der Waals surface area contributed by atoms with Crippen LogP contribution in [0.4, 0.5) is 0 Å². The second-order valence-corrected chi connectivity index (χ2v) is 17.5. The molecule has 3 unspecified atom stereocenters. The number of nitrogens with zero attached hydrogens (tertiary/aromatic N) is 1. The second-order valence-electron chi connectivity index (χ2n) is 16.1. The molecule has 1 amide bonds. The number of hydrogen-bond acceptors (Lipinski definition) is 5. The van der Waals surface area contributed by atoms with Gasteiger partial charge in [0.1, 0.15) is 13.2 Å². The number of carbonyl (C=O) groups is 1. The molecule has 0 aromatic rings. The Morgan fingerprint density at radius 1 is 0.630 bits per heavy atom. The predicted molar refractivity (Wildman–Crippen MR) is 231 cm³/mol. The van der Waals surface area contributed by atoms with Crippen LogP contribution in [0.5, 0.6) is 0 Å². The lowest BCUT2D eigenvalue weighted by Crippen LogP contribution is -2.45. The van der Waals surface area contributed by atoms with Crippen molar-refractivity contribution in [2.24, 2.45) is 0 Å². The summed E-state index contributed by atoms with van der Waals surface area (Å²) in [4.78, 5) is 23.1. The molecule has 54 heavy (non-hydrogen) atoms. The average molecular weight is 782 g/mol. The molecule has 0 spiro atoms. The predicted octanol–water partition coefficient (Wildman–Crippen LogP) is 12.1. The first-order valence-corrected chi connectivity index (χ1v) is 23.5. The molecule has 3 N–H and O–H groups in total. The van der Waals surface area contributed by atoms with Crippen LogP contribution >= 0.6 is 7.82 Å². The summed E-state index contributed by atoms with van der Waals surface area (Å²) >= 11 is 0. The van der Waals surface area contributed by atoms with Crippen molar-refractivity contribution < 1.29 is 32.9 Å². The number of carbonyl (C=O) groups excluding carboxylic acids is 1. The van der Waals surface area contributed by atoms with E-state index >= 15 is 0 Å². The normalized spacial score (nSPS) is 14.9. The fourth-order valence-electron chi connectivity index (χ4n) is 5.95. The molecule has 0 radical (unpaired) electrons. The molecule has 9 heteroatoms. The molecule has 0 aromatic heterocycles. The van der Waals surface area contributed by atoms with Crippen LogP contribution in [0.3, 0.4) is 0 Å². The van der Waals surface area contributed by atoms with Crippen LogP contribution in [0.2, 0.25) is 0 Å². The number of phosphoric ester groups is 1. The van der Waals surface area contributed by atoms with Gasteiger partial charge in [0.2, 0.25) is 5.91 Å². The maximum atomic E-state index is 12.8. The Labute approximate surface area is 333 Å². The van der Waals surface area contributed by atoms with Gasteiger partial charge in [0.15, 0.2) is 0 Å². The number of aliphatic hydroxyl groups excluding tert-OH is 1. The number of quaternary nitrogens is 1. The average Bonchev–Trinajstić information content (AvgIpc) is 3.12. The molecule has 0 rings (SSSR count). The summed E-state index contributed by atoms with van der Waals surface area (Å²) in [5.41, 5.74) is 0. The highest BCUT2D eigenvalue weighted by molar-refractivity contribution is 7.47. The first-order chi connectivity index (χ1) is 26.0. The summed E-state index contributed by atoms with van der Waals surface area (Å²) < 4.78 is 23.5. The van der Waals surface area contributed by atoms with E-state index in [1.54, 1.807) is 6.08 Å². The number of rotatable bonds is 39. The van der Waals surface area contributed by atoms with Crippen molar-refractivity contribution in [3.8, 4) is 0 Å². The Bertz CT molecular complexity index is 1020. The number of unbranched alkanes of at least 4 members (excludes halogenated alkanes) is 20. The second kappa shape index (κ2) is 37.1. The van der Waals surface area contributed by atoms with Crippen molar-refractivity contribution >= 4 is 13.7 Å². The summed E-state index contributed by atoms with van der Waals surface area (Å²) in [5.74, 6) is -0.203. The molecule has 0 fully saturated rings. The fraction of sp³-hybridized carbons (Fsp3) is 0.800. The van der Waals surface area contributed by atoms with E-state index in [1.165, 1.54) is 96.3 Å². The zero-order valence-electron chi connectivity index (χ0n) is 35.7. The van der Waals surface area contributed by atoms with E-state index in [1.807, 2.05) is 27.2 Å². The summed E-state index contributed by atoms with van der Waals surface area (Å²) in [7, 11) is 1.54. The highest BCUT2D eigenvalue weighted by Crippen LogP contribution is 2.43. The van der Waals surface area contributed by atoms with Crippen LogP contribution in [-0.4, -0.2) is 73.4 Å². The zero-order valence-corrected chi connectivity index (χ0v) is 36.6. The standard InChI is InChI=1S/C45H85N2O6P/c1-6-8-10-12-14-16-18-20-22-23-24-25-26-28-30-32-34-36-38-44(48)43(42-53-54(50,51)52-41-40-47(3,4)5)46-45(49)39-37-35-33-31-29-27-21-19-17-15-13-11-9-7-2/h13,15,19,21,28,30,36,38,43-44,48H,6-12,14,16-18,20,22-27,29,31-35,37,39-42H2,1-5H3,(H-,46,49,50,51)/p+1/b15-13-,21-19-,30-28+,38-36+. The van der Waals surface area contributed by atoms with E-state index in [2.05, 4.69) is 55.6 Å². The maximum Gasteiger partial charge on any atom is 0.472 e. The molecule has 0 aromatic carbocycles. The SMILES string of the molecule is CCCC/C=C\C/C=C\CCCCCCCC(=O)NC(COP(=O)(O)OCC[N+](C)(C)C)C(O)/C=C/CC/C=C/CCCCCCCCCCCCCC. The summed E-state index contributed by atoms with van der Waals surface area (Å²) in [6, 6.07) is -0.870. The van der Waals surface area contributed by atoms with Gasteiger partial charge in [-0.1, -0.05) is 165 Å². The minimum atomic E-state index is -4.35. The minimum Gasteiger partial charge on any atom is -0.387 e. The van der Waals surface area contributed by atoms with Gasteiger partial charge in [-0.3, -0.25) is 13.8 Å². The zero-order chi connectivity index (χ0) is 40.0. The molecule has 0 aliphatic rings. The van der Waals surface area contributed by atoms with Gasteiger partial charge in [0.05, 0.1) is 39.9 Å². The lowest BCUT2D eigenvalue weighted by atomic mass is 10.0. The van der Waals surface area contributed by atoms with Gasteiger partial charge in [0, 0.05) is 6.42 Å². The third-order valence-corrected chi connectivity index (χ3v) is 10.5. The van der Waals surface area contributed by atoms with Gasteiger partial charge in [0.25, 0.3) is 0 Å². The fourth-order valence-corrected chi connectivity index (χ4v) is 6.69. The molecule has 0 heterocycles. The third kappa shape index (κ3) is 38.7. The third-order valence-electron chi connectivity index (χ3n) is 9.52. The number of hydrogen-bond donors (Lipinski definition) is 3. The van der Waals surface area contributed by atoms with Crippen LogP contribution in [0.1, 0.15) is 181 Å². The Morgan fingerprint density at radius 3 is 1.65 bits per heavy atom. The molecule has 0 aliphatic carbocycles. The summed E-state index contributed by atoms with van der Waals surface area (Å²) in [6.07, 6.45) is 46.1. The van der Waals surface area contributed by atoms with Gasteiger partial charge in [-0.15, -0.1) is 0 Å². The van der Waals surface area contributed by atoms with Gasteiger partial charge in [-0.25, -0.2) is 4.57 Å². The van der Waals surface area contributed by atoms with Crippen LogP contribution in [0, 0.1) is 0 Å². The van der Waals surface area contributed by atoms with Gasteiger partial charge >= 0.3 is 7.82 Å². The molecule has 0 saturated carbocycles. The summed E-state index contributed by atoms with van der Waals surface area (Å²) in [5, 5.41) is 13.8. The number of aliphatic hydroxyl groups is 1. The quantitative estimate of drug-likeness (QED) is 0.0248. The van der Waals surface area contributed by atoms with Gasteiger partial charge in [-0.2, -0.15) is 0 Å². The van der Waals surface area contributed by atoms with Crippen molar-refractivity contribution in [2.75, 3.05) is 40.9 Å². The Balaban J connectivity index is 4.51. The first-order valence-electron chi connectivity index (χ1n) is 22.0. The molecule has 0 bridgehead atoms. The maximum absolute atomic E-state index is 12.8. The number of amides is 1. The molecule has 316 valence electrons. The molecular weight excluding hydrogens is 695 g/mol. The van der Waals surface area contributed by atoms with E-state index in [9.17, 15) is 19.4 Å². The van der Waals surface area contributed by atoms with Crippen LogP contribution in [-0.2, 0) is 18.4 Å². The van der Waals surface area contributed by atoms with Crippen molar-refractivity contribution in [3.05, 3.63) is 48.6 Å². The van der Waals surface area contributed by atoms with Gasteiger partial charge < -0.3 is 19.8 Å². The van der Waals surface area contributed by atoms with Crippen LogP contribution in [0.25, 0.3) is 0 Å². The first kappa shape index (κ1) is 52.5. The van der Waals surface area contributed by atoms with Crippen molar-refractivity contribution in [3.63, 3.8) is 0 Å². The molecule has 0 aliphatic heterocycles. The van der Waals surface area contributed by atoms with E-state index in [0.29, 0.717) is 17.4 Å².